The van der Waals surface area contributed by atoms with Gasteiger partial charge < -0.3 is 4.74 Å². The van der Waals surface area contributed by atoms with E-state index in [2.05, 4.69) is 27.6 Å². The molecule has 0 aliphatic heterocycles. The Morgan fingerprint density at radius 3 is 2.87 bits per heavy atom. The van der Waals surface area contributed by atoms with Gasteiger partial charge in [-0.2, -0.15) is 0 Å². The Bertz CT molecular complexity index is 525. The Labute approximate surface area is 101 Å². The summed E-state index contributed by atoms with van der Waals surface area (Å²) < 4.78 is 5.83. The van der Waals surface area contributed by atoms with Crippen LogP contribution < -0.4 is 4.74 Å². The van der Waals surface area contributed by atoms with E-state index in [0.29, 0.717) is 5.56 Å². The molecule has 0 spiro atoms. The standard InChI is InChI=1S/C11H8INO2/c1-15-9-2-3-10-7(5-9)4-8(6-14)11(12)13-10/h2-6H,1H3. The predicted molar refractivity (Wildman–Crippen MR) is 66.4 cm³/mol. The molecule has 0 N–H and O–H groups in total. The lowest BCUT2D eigenvalue weighted by atomic mass is 10.1. The minimum absolute atomic E-state index is 0.608. The molecular formula is C11H8INO2. The zero-order valence-electron chi connectivity index (χ0n) is 8.03. The number of aromatic nitrogens is 1. The molecule has 0 bridgehead atoms. The van der Waals surface area contributed by atoms with E-state index in [9.17, 15) is 4.79 Å². The monoisotopic (exact) mass is 313 g/mol. The minimum Gasteiger partial charge on any atom is -0.497 e. The molecule has 15 heavy (non-hydrogen) atoms. The summed E-state index contributed by atoms with van der Waals surface area (Å²) in [6.45, 7) is 0. The fourth-order valence-electron chi connectivity index (χ4n) is 1.36. The van der Waals surface area contributed by atoms with E-state index in [-0.39, 0.29) is 0 Å². The first kappa shape index (κ1) is 10.4. The second-order valence-corrected chi connectivity index (χ2v) is 4.07. The van der Waals surface area contributed by atoms with Gasteiger partial charge in [-0.1, -0.05) is 0 Å². The van der Waals surface area contributed by atoms with Crippen molar-refractivity contribution in [3.05, 3.63) is 33.5 Å². The van der Waals surface area contributed by atoms with E-state index in [0.717, 1.165) is 26.6 Å². The third-order valence-corrected chi connectivity index (χ3v) is 2.99. The van der Waals surface area contributed by atoms with E-state index in [1.165, 1.54) is 0 Å². The molecule has 0 radical (unpaired) electrons. The summed E-state index contributed by atoms with van der Waals surface area (Å²) in [5.41, 5.74) is 1.47. The van der Waals surface area contributed by atoms with Crippen LogP contribution in [-0.2, 0) is 0 Å². The highest BCUT2D eigenvalue weighted by Gasteiger charge is 2.04. The van der Waals surface area contributed by atoms with Gasteiger partial charge in [0.15, 0.2) is 6.29 Å². The van der Waals surface area contributed by atoms with Gasteiger partial charge >= 0.3 is 0 Å². The van der Waals surface area contributed by atoms with E-state index in [1.807, 2.05) is 24.3 Å². The average Bonchev–Trinajstić information content (AvgIpc) is 2.27. The molecule has 0 saturated carbocycles. The highest BCUT2D eigenvalue weighted by molar-refractivity contribution is 14.1. The molecule has 1 aromatic heterocycles. The summed E-state index contributed by atoms with van der Waals surface area (Å²) in [5.74, 6) is 0.766. The summed E-state index contributed by atoms with van der Waals surface area (Å²) in [4.78, 5) is 15.1. The van der Waals surface area contributed by atoms with Crippen molar-refractivity contribution in [2.24, 2.45) is 0 Å². The average molecular weight is 313 g/mol. The van der Waals surface area contributed by atoms with E-state index in [4.69, 9.17) is 4.74 Å². The largest absolute Gasteiger partial charge is 0.497 e. The molecule has 0 aliphatic rings. The van der Waals surface area contributed by atoms with Gasteiger partial charge in [-0.05, 0) is 46.9 Å². The van der Waals surface area contributed by atoms with Crippen LogP contribution in [0, 0.1) is 3.70 Å². The van der Waals surface area contributed by atoms with E-state index < -0.39 is 0 Å². The first-order chi connectivity index (χ1) is 7.24. The van der Waals surface area contributed by atoms with Crippen LogP contribution in [0.5, 0.6) is 5.75 Å². The molecule has 1 aromatic carbocycles. The zero-order chi connectivity index (χ0) is 10.8. The van der Waals surface area contributed by atoms with Gasteiger partial charge in [0.25, 0.3) is 0 Å². The maximum atomic E-state index is 10.7. The summed E-state index contributed by atoms with van der Waals surface area (Å²) >= 11 is 2.05. The van der Waals surface area contributed by atoms with Crippen molar-refractivity contribution in [2.45, 2.75) is 0 Å². The van der Waals surface area contributed by atoms with Gasteiger partial charge in [0.2, 0.25) is 0 Å². The second kappa shape index (κ2) is 4.14. The molecule has 2 aromatic rings. The van der Waals surface area contributed by atoms with Gasteiger partial charge in [0.1, 0.15) is 9.45 Å². The van der Waals surface area contributed by atoms with Crippen LogP contribution in [0.4, 0.5) is 0 Å². The van der Waals surface area contributed by atoms with Crippen LogP contribution in [0.2, 0.25) is 0 Å². The first-order valence-electron chi connectivity index (χ1n) is 4.34. The lowest BCUT2D eigenvalue weighted by Crippen LogP contribution is -1.92. The van der Waals surface area contributed by atoms with Gasteiger partial charge in [0, 0.05) is 10.9 Å². The maximum absolute atomic E-state index is 10.7. The van der Waals surface area contributed by atoms with Crippen molar-refractivity contribution >= 4 is 39.8 Å². The van der Waals surface area contributed by atoms with Crippen molar-refractivity contribution in [3.63, 3.8) is 0 Å². The number of aldehydes is 1. The van der Waals surface area contributed by atoms with Gasteiger partial charge in [-0.3, -0.25) is 4.79 Å². The van der Waals surface area contributed by atoms with Gasteiger partial charge in [0.05, 0.1) is 12.6 Å². The normalized spacial score (nSPS) is 10.3. The number of hydrogen-bond acceptors (Lipinski definition) is 3. The molecule has 0 amide bonds. The maximum Gasteiger partial charge on any atom is 0.152 e. The number of methoxy groups -OCH3 is 1. The fraction of sp³-hybridized carbons (Fsp3) is 0.0909. The Morgan fingerprint density at radius 2 is 2.20 bits per heavy atom. The van der Waals surface area contributed by atoms with Crippen molar-refractivity contribution in [1.82, 2.24) is 4.98 Å². The number of carbonyl (C=O) groups excluding carboxylic acids is 1. The number of ether oxygens (including phenoxy) is 1. The molecule has 0 saturated heterocycles. The van der Waals surface area contributed by atoms with Crippen LogP contribution in [-0.4, -0.2) is 18.4 Å². The summed E-state index contributed by atoms with van der Waals surface area (Å²) in [5, 5.41) is 0.914. The number of fused-ring (bicyclic) bond motifs is 1. The van der Waals surface area contributed by atoms with Crippen LogP contribution in [0.25, 0.3) is 10.9 Å². The Morgan fingerprint density at radius 1 is 1.40 bits per heavy atom. The molecule has 76 valence electrons. The van der Waals surface area contributed by atoms with Gasteiger partial charge in [-0.25, -0.2) is 4.98 Å². The molecule has 0 unspecified atom stereocenters. The smallest absolute Gasteiger partial charge is 0.152 e. The Hall–Kier alpha value is -1.17. The van der Waals surface area contributed by atoms with Crippen molar-refractivity contribution in [3.8, 4) is 5.75 Å². The highest BCUT2D eigenvalue weighted by Crippen LogP contribution is 2.21. The number of pyridine rings is 1. The fourth-order valence-corrected chi connectivity index (χ4v) is 1.90. The molecule has 0 fully saturated rings. The number of carbonyl (C=O) groups is 1. The Balaban J connectivity index is 2.71. The highest BCUT2D eigenvalue weighted by atomic mass is 127. The molecule has 4 heteroatoms. The molecule has 2 rings (SSSR count). The van der Waals surface area contributed by atoms with Crippen LogP contribution in [0.1, 0.15) is 10.4 Å². The zero-order valence-corrected chi connectivity index (χ0v) is 10.2. The number of nitrogens with zero attached hydrogens (tertiary/aromatic N) is 1. The molecule has 1 heterocycles. The Kier molecular flexibility index (Phi) is 2.86. The number of hydrogen-bond donors (Lipinski definition) is 0. The van der Waals surface area contributed by atoms with Crippen LogP contribution >= 0.6 is 22.6 Å². The van der Waals surface area contributed by atoms with Crippen molar-refractivity contribution < 1.29 is 9.53 Å². The molecule has 0 aliphatic carbocycles. The molecular weight excluding hydrogens is 305 g/mol. The quantitative estimate of drug-likeness (QED) is 0.486. The number of halogens is 1. The van der Waals surface area contributed by atoms with E-state index in [1.54, 1.807) is 7.11 Å². The second-order valence-electron chi connectivity index (χ2n) is 3.04. The van der Waals surface area contributed by atoms with Crippen molar-refractivity contribution in [1.29, 1.82) is 0 Å². The summed E-state index contributed by atoms with van der Waals surface area (Å²) in [7, 11) is 1.61. The SMILES string of the molecule is COc1ccc2nc(I)c(C=O)cc2c1. The first-order valence-corrected chi connectivity index (χ1v) is 5.42. The summed E-state index contributed by atoms with van der Waals surface area (Å²) in [6, 6.07) is 7.42. The van der Waals surface area contributed by atoms with Crippen molar-refractivity contribution in [2.75, 3.05) is 7.11 Å². The molecule has 0 atom stereocenters. The third kappa shape index (κ3) is 1.94. The molecule has 3 nitrogen and oxygen atoms in total. The predicted octanol–water partition coefficient (Wildman–Crippen LogP) is 2.66. The van der Waals surface area contributed by atoms with Gasteiger partial charge in [-0.15, -0.1) is 0 Å². The number of benzene rings is 1. The lowest BCUT2D eigenvalue weighted by molar-refractivity contribution is 0.112. The summed E-state index contributed by atoms with van der Waals surface area (Å²) in [6.07, 6.45) is 0.813. The number of rotatable bonds is 2. The van der Waals surface area contributed by atoms with Crippen LogP contribution in [0.3, 0.4) is 0 Å². The van der Waals surface area contributed by atoms with Crippen LogP contribution in [0.15, 0.2) is 24.3 Å². The lowest BCUT2D eigenvalue weighted by Gasteiger charge is -2.03. The minimum atomic E-state index is 0.608. The van der Waals surface area contributed by atoms with E-state index >= 15 is 0 Å². The third-order valence-electron chi connectivity index (χ3n) is 2.13. The topological polar surface area (TPSA) is 39.2 Å².